The van der Waals surface area contributed by atoms with Crippen LogP contribution in [0, 0.1) is 0 Å². The van der Waals surface area contributed by atoms with Gasteiger partial charge >= 0.3 is 0 Å². The average Bonchev–Trinajstić information content (AvgIpc) is 2.80. The molecule has 1 unspecified atom stereocenters. The zero-order valence-corrected chi connectivity index (χ0v) is 16.2. The van der Waals surface area contributed by atoms with Crippen LogP contribution in [-0.4, -0.2) is 70.4 Å². The second-order valence-electron chi connectivity index (χ2n) is 7.36. The second kappa shape index (κ2) is 8.12. The molecule has 5 rings (SSSR count). The number of rotatable bonds is 4. The van der Waals surface area contributed by atoms with Gasteiger partial charge in [0.15, 0.2) is 0 Å². The highest BCUT2D eigenvalue weighted by atomic mass is 16.5. The number of hydrogen-bond donors (Lipinski definition) is 1. The van der Waals surface area contributed by atoms with Gasteiger partial charge in [0.1, 0.15) is 18.0 Å². The first-order chi connectivity index (χ1) is 14.4. The highest BCUT2D eigenvalue weighted by Crippen LogP contribution is 2.26. The molecule has 1 atom stereocenters. The summed E-state index contributed by atoms with van der Waals surface area (Å²) in [6.45, 7) is 4.95. The number of hydrogen-bond acceptors (Lipinski definition) is 9. The van der Waals surface area contributed by atoms with Crippen molar-refractivity contribution in [3.05, 3.63) is 37.1 Å². The fourth-order valence-electron chi connectivity index (χ4n) is 3.99. The summed E-state index contributed by atoms with van der Waals surface area (Å²) in [4.78, 5) is 26.7. The number of pyridine rings is 1. The van der Waals surface area contributed by atoms with Crippen LogP contribution in [0.3, 0.4) is 0 Å². The van der Waals surface area contributed by atoms with E-state index in [9.17, 15) is 0 Å². The Kier molecular flexibility index (Phi) is 5.04. The molecule has 2 fully saturated rings. The molecule has 9 heteroatoms. The van der Waals surface area contributed by atoms with E-state index in [4.69, 9.17) is 9.72 Å². The number of piperidine rings is 1. The quantitative estimate of drug-likeness (QED) is 0.712. The van der Waals surface area contributed by atoms with Crippen molar-refractivity contribution in [3.8, 4) is 0 Å². The third-order valence-corrected chi connectivity index (χ3v) is 5.43. The van der Waals surface area contributed by atoms with Crippen molar-refractivity contribution >= 4 is 28.5 Å². The maximum atomic E-state index is 5.42. The van der Waals surface area contributed by atoms with Crippen LogP contribution in [0.4, 0.5) is 17.6 Å². The number of nitrogens with one attached hydrogen (secondary N) is 1. The molecule has 150 valence electrons. The molecule has 9 nitrogen and oxygen atoms in total. The molecular formula is C20H24N8O. The minimum absolute atomic E-state index is 0.294. The number of morpholine rings is 1. The van der Waals surface area contributed by atoms with Crippen LogP contribution < -0.4 is 15.1 Å². The monoisotopic (exact) mass is 392 g/mol. The lowest BCUT2D eigenvalue weighted by Crippen LogP contribution is -2.43. The molecule has 0 saturated carbocycles. The summed E-state index contributed by atoms with van der Waals surface area (Å²) in [6.07, 6.45) is 9.21. The zero-order valence-electron chi connectivity index (χ0n) is 16.2. The number of aromatic nitrogens is 5. The Morgan fingerprint density at radius 1 is 1.00 bits per heavy atom. The molecule has 3 aromatic heterocycles. The Morgan fingerprint density at radius 2 is 1.93 bits per heavy atom. The van der Waals surface area contributed by atoms with Gasteiger partial charge in [-0.2, -0.15) is 4.98 Å². The molecule has 2 aliphatic heterocycles. The first kappa shape index (κ1) is 18.0. The standard InChI is InChI=1S/C20H24N8O/c1-2-15(25-18-4-6-22-20(26-18)27-8-10-29-11-9-27)13-28(7-1)19-16-3-5-21-12-17(16)23-14-24-19/h3-6,12,14-15H,1-2,7-11,13H2,(H,22,25,26). The Labute approximate surface area is 169 Å². The van der Waals surface area contributed by atoms with Gasteiger partial charge in [-0.25, -0.2) is 15.0 Å². The highest BCUT2D eigenvalue weighted by Gasteiger charge is 2.23. The van der Waals surface area contributed by atoms with Gasteiger partial charge in [0.05, 0.1) is 24.9 Å². The Bertz CT molecular complexity index is 972. The van der Waals surface area contributed by atoms with Crippen LogP contribution >= 0.6 is 0 Å². The minimum atomic E-state index is 0.294. The normalized spacial score (nSPS) is 20.1. The van der Waals surface area contributed by atoms with E-state index >= 15 is 0 Å². The van der Waals surface area contributed by atoms with Crippen LogP contribution in [0.25, 0.3) is 10.9 Å². The molecule has 2 saturated heterocycles. The largest absolute Gasteiger partial charge is 0.378 e. The zero-order chi connectivity index (χ0) is 19.5. The van der Waals surface area contributed by atoms with Gasteiger partial charge in [-0.3, -0.25) is 4.98 Å². The SMILES string of the molecule is c1cc2c(N3CCCC(Nc4ccnc(N5CCOCC5)n4)C3)ncnc2cn1. The summed E-state index contributed by atoms with van der Waals surface area (Å²) in [5.41, 5.74) is 0.874. The Morgan fingerprint density at radius 3 is 2.86 bits per heavy atom. The first-order valence-corrected chi connectivity index (χ1v) is 10.1. The molecule has 0 radical (unpaired) electrons. The van der Waals surface area contributed by atoms with Crippen LogP contribution in [0.5, 0.6) is 0 Å². The summed E-state index contributed by atoms with van der Waals surface area (Å²) in [6, 6.07) is 4.22. The fraction of sp³-hybridized carbons (Fsp3) is 0.450. The molecule has 0 spiro atoms. The molecular weight excluding hydrogens is 368 g/mol. The van der Waals surface area contributed by atoms with Crippen LogP contribution in [0.1, 0.15) is 12.8 Å². The second-order valence-corrected chi connectivity index (χ2v) is 7.36. The fourth-order valence-corrected chi connectivity index (χ4v) is 3.99. The third kappa shape index (κ3) is 3.91. The van der Waals surface area contributed by atoms with Crippen molar-refractivity contribution in [2.75, 3.05) is 54.5 Å². The summed E-state index contributed by atoms with van der Waals surface area (Å²) in [5.74, 6) is 2.60. The lowest BCUT2D eigenvalue weighted by Gasteiger charge is -2.34. The smallest absolute Gasteiger partial charge is 0.227 e. The number of fused-ring (bicyclic) bond motifs is 1. The van der Waals surface area contributed by atoms with E-state index in [-0.39, 0.29) is 0 Å². The van der Waals surface area contributed by atoms with Gasteiger partial charge in [0, 0.05) is 50.0 Å². The molecule has 0 aromatic carbocycles. The van der Waals surface area contributed by atoms with Gasteiger partial charge in [-0.1, -0.05) is 0 Å². The summed E-state index contributed by atoms with van der Waals surface area (Å²) < 4.78 is 5.42. The maximum Gasteiger partial charge on any atom is 0.227 e. The Hall–Kier alpha value is -3.07. The molecule has 2 aliphatic rings. The predicted molar refractivity (Wildman–Crippen MR) is 111 cm³/mol. The minimum Gasteiger partial charge on any atom is -0.378 e. The van der Waals surface area contributed by atoms with E-state index < -0.39 is 0 Å². The number of ether oxygens (including phenoxy) is 1. The van der Waals surface area contributed by atoms with E-state index in [0.29, 0.717) is 6.04 Å². The van der Waals surface area contributed by atoms with E-state index in [1.807, 2.05) is 18.3 Å². The van der Waals surface area contributed by atoms with Crippen LogP contribution in [0.15, 0.2) is 37.1 Å². The van der Waals surface area contributed by atoms with Crippen LogP contribution in [0.2, 0.25) is 0 Å². The number of anilines is 3. The maximum absolute atomic E-state index is 5.42. The van der Waals surface area contributed by atoms with Gasteiger partial charge in [-0.15, -0.1) is 0 Å². The first-order valence-electron chi connectivity index (χ1n) is 10.1. The van der Waals surface area contributed by atoms with E-state index in [0.717, 1.165) is 80.7 Å². The third-order valence-electron chi connectivity index (χ3n) is 5.43. The van der Waals surface area contributed by atoms with Gasteiger partial charge in [0.2, 0.25) is 5.95 Å². The molecule has 5 heterocycles. The van der Waals surface area contributed by atoms with E-state index in [2.05, 4.69) is 35.1 Å². The van der Waals surface area contributed by atoms with Crippen molar-refractivity contribution < 1.29 is 4.74 Å². The van der Waals surface area contributed by atoms with Gasteiger partial charge in [-0.05, 0) is 25.0 Å². The lowest BCUT2D eigenvalue weighted by molar-refractivity contribution is 0.122. The molecule has 0 aliphatic carbocycles. The highest BCUT2D eigenvalue weighted by molar-refractivity contribution is 5.88. The molecule has 0 amide bonds. The van der Waals surface area contributed by atoms with Crippen molar-refractivity contribution in [2.24, 2.45) is 0 Å². The summed E-state index contributed by atoms with van der Waals surface area (Å²) in [7, 11) is 0. The topological polar surface area (TPSA) is 92.2 Å². The van der Waals surface area contributed by atoms with E-state index in [1.165, 1.54) is 0 Å². The average molecular weight is 392 g/mol. The molecule has 0 bridgehead atoms. The predicted octanol–water partition coefficient (Wildman–Crippen LogP) is 1.73. The summed E-state index contributed by atoms with van der Waals surface area (Å²) >= 11 is 0. The number of nitrogens with zero attached hydrogens (tertiary/aromatic N) is 7. The van der Waals surface area contributed by atoms with Crippen molar-refractivity contribution in [1.29, 1.82) is 0 Å². The lowest BCUT2D eigenvalue weighted by atomic mass is 10.1. The Balaban J connectivity index is 1.31. The van der Waals surface area contributed by atoms with Crippen molar-refractivity contribution in [2.45, 2.75) is 18.9 Å². The van der Waals surface area contributed by atoms with Gasteiger partial charge < -0.3 is 19.9 Å². The molecule has 3 aromatic rings. The van der Waals surface area contributed by atoms with E-state index in [1.54, 1.807) is 18.7 Å². The molecule has 29 heavy (non-hydrogen) atoms. The van der Waals surface area contributed by atoms with Crippen molar-refractivity contribution in [3.63, 3.8) is 0 Å². The summed E-state index contributed by atoms with van der Waals surface area (Å²) in [5, 5.41) is 4.64. The van der Waals surface area contributed by atoms with Gasteiger partial charge in [0.25, 0.3) is 0 Å². The van der Waals surface area contributed by atoms with Crippen molar-refractivity contribution in [1.82, 2.24) is 24.9 Å². The molecule has 1 N–H and O–H groups in total. The van der Waals surface area contributed by atoms with Crippen LogP contribution in [-0.2, 0) is 4.74 Å².